The number of rotatable bonds is 6. The van der Waals surface area contributed by atoms with Gasteiger partial charge >= 0.3 is 0 Å². The van der Waals surface area contributed by atoms with Crippen molar-refractivity contribution in [3.8, 4) is 0 Å². The monoisotopic (exact) mass is 364 g/mol. The molecule has 142 valence electrons. The van der Waals surface area contributed by atoms with Crippen LogP contribution in [0.15, 0.2) is 30.3 Å². The summed E-state index contributed by atoms with van der Waals surface area (Å²) in [6.45, 7) is 5.11. The first-order valence-corrected chi connectivity index (χ1v) is 10.1. The van der Waals surface area contributed by atoms with E-state index in [1.807, 2.05) is 0 Å². The number of carbonyl (C=O) groups excluding carboxylic acids is 1. The lowest BCUT2D eigenvalue weighted by Gasteiger charge is -2.16. The lowest BCUT2D eigenvalue weighted by molar-refractivity contribution is -0.122. The number of likely N-dealkylation sites (tertiary alicyclic amines) is 1. The third-order valence-electron chi connectivity index (χ3n) is 5.77. The average molecular weight is 364 g/mol. The van der Waals surface area contributed by atoms with Crippen LogP contribution >= 0.6 is 0 Å². The summed E-state index contributed by atoms with van der Waals surface area (Å²) >= 11 is 0. The summed E-state index contributed by atoms with van der Waals surface area (Å²) in [5.41, 5.74) is 5.05. The topological polar surface area (TPSA) is 58.1 Å². The number of aryl methyl sites for hydroxylation is 2. The van der Waals surface area contributed by atoms with Crippen LogP contribution in [-0.4, -0.2) is 47.0 Å². The van der Waals surface area contributed by atoms with Crippen molar-refractivity contribution in [1.82, 2.24) is 20.2 Å². The van der Waals surface area contributed by atoms with Crippen molar-refractivity contribution < 1.29 is 4.79 Å². The van der Waals surface area contributed by atoms with Crippen LogP contribution in [0.1, 0.15) is 47.1 Å². The van der Waals surface area contributed by atoms with Crippen molar-refractivity contribution in [2.45, 2.75) is 44.9 Å². The van der Waals surface area contributed by atoms with Crippen LogP contribution < -0.4 is 5.32 Å². The van der Waals surface area contributed by atoms with Crippen molar-refractivity contribution in [1.29, 1.82) is 0 Å². The largest absolute Gasteiger partial charge is 0.355 e. The minimum Gasteiger partial charge on any atom is -0.355 e. The van der Waals surface area contributed by atoms with E-state index in [-0.39, 0.29) is 5.91 Å². The van der Waals surface area contributed by atoms with E-state index in [1.165, 1.54) is 23.2 Å². The number of hydrogen-bond donors (Lipinski definition) is 1. The summed E-state index contributed by atoms with van der Waals surface area (Å²) in [5, 5.41) is 3.04. The summed E-state index contributed by atoms with van der Waals surface area (Å²) in [6, 6.07) is 10.6. The fourth-order valence-corrected chi connectivity index (χ4v) is 4.34. The molecule has 1 aliphatic heterocycles. The van der Waals surface area contributed by atoms with Gasteiger partial charge in [-0.15, -0.1) is 0 Å². The zero-order valence-electron chi connectivity index (χ0n) is 16.1. The van der Waals surface area contributed by atoms with Gasteiger partial charge in [-0.25, -0.2) is 9.97 Å². The highest BCUT2D eigenvalue weighted by Gasteiger charge is 2.25. The minimum atomic E-state index is 0.0987. The van der Waals surface area contributed by atoms with Crippen LogP contribution in [0.5, 0.6) is 0 Å². The second kappa shape index (κ2) is 8.17. The summed E-state index contributed by atoms with van der Waals surface area (Å²) in [4.78, 5) is 23.8. The minimum absolute atomic E-state index is 0.0987. The standard InChI is InChI=1S/C22H28N4O/c1-16-19-8-5-9-20(19)25-21(24-16)10-12-23-22(27)15-26-13-11-18(14-26)17-6-3-2-4-7-17/h2-4,6-7,18H,5,8-15H2,1H3,(H,23,27)/t18-/m0/s1. The highest BCUT2D eigenvalue weighted by Crippen LogP contribution is 2.26. The van der Waals surface area contributed by atoms with E-state index in [1.54, 1.807) is 0 Å². The molecule has 1 aromatic heterocycles. The number of aromatic nitrogens is 2. The van der Waals surface area contributed by atoms with Crippen LogP contribution in [0.4, 0.5) is 0 Å². The zero-order valence-corrected chi connectivity index (χ0v) is 16.1. The van der Waals surface area contributed by atoms with Gasteiger partial charge < -0.3 is 5.32 Å². The third kappa shape index (κ3) is 4.35. The highest BCUT2D eigenvalue weighted by atomic mass is 16.2. The molecule has 2 aliphatic rings. The van der Waals surface area contributed by atoms with Gasteiger partial charge in [0, 0.05) is 30.9 Å². The molecular formula is C22H28N4O. The Balaban J connectivity index is 1.22. The zero-order chi connectivity index (χ0) is 18.6. The Morgan fingerprint density at radius 2 is 2.07 bits per heavy atom. The van der Waals surface area contributed by atoms with Gasteiger partial charge in [-0.2, -0.15) is 0 Å². The Hall–Kier alpha value is -2.27. The van der Waals surface area contributed by atoms with Gasteiger partial charge in [-0.1, -0.05) is 30.3 Å². The maximum atomic E-state index is 12.3. The molecule has 1 saturated heterocycles. The van der Waals surface area contributed by atoms with Crippen LogP contribution in [0.25, 0.3) is 0 Å². The highest BCUT2D eigenvalue weighted by molar-refractivity contribution is 5.78. The average Bonchev–Trinajstić information content (AvgIpc) is 3.32. The number of nitrogens with zero attached hydrogens (tertiary/aromatic N) is 3. The molecule has 4 rings (SSSR count). The van der Waals surface area contributed by atoms with Gasteiger partial charge in [-0.05, 0) is 56.2 Å². The van der Waals surface area contributed by atoms with Crippen LogP contribution in [0.3, 0.4) is 0 Å². The van der Waals surface area contributed by atoms with Crippen molar-refractivity contribution in [3.05, 3.63) is 58.7 Å². The Morgan fingerprint density at radius 1 is 1.22 bits per heavy atom. The smallest absolute Gasteiger partial charge is 0.234 e. The number of carbonyl (C=O) groups is 1. The molecular weight excluding hydrogens is 336 g/mol. The second-order valence-corrected chi connectivity index (χ2v) is 7.74. The summed E-state index contributed by atoms with van der Waals surface area (Å²) in [6.07, 6.45) is 5.18. The van der Waals surface area contributed by atoms with Gasteiger partial charge in [-0.3, -0.25) is 9.69 Å². The van der Waals surface area contributed by atoms with Gasteiger partial charge in [0.15, 0.2) is 0 Å². The van der Waals surface area contributed by atoms with Gasteiger partial charge in [0.25, 0.3) is 0 Å². The maximum Gasteiger partial charge on any atom is 0.234 e. The first kappa shape index (κ1) is 18.1. The van der Waals surface area contributed by atoms with E-state index in [9.17, 15) is 4.79 Å². The molecule has 5 heteroatoms. The Morgan fingerprint density at radius 3 is 2.93 bits per heavy atom. The number of hydrogen-bond acceptors (Lipinski definition) is 4. The van der Waals surface area contributed by atoms with Crippen LogP contribution in [-0.2, 0) is 24.1 Å². The van der Waals surface area contributed by atoms with Crippen molar-refractivity contribution in [2.75, 3.05) is 26.2 Å². The molecule has 1 aliphatic carbocycles. The van der Waals surface area contributed by atoms with Crippen LogP contribution in [0, 0.1) is 6.92 Å². The molecule has 0 saturated carbocycles. The SMILES string of the molecule is Cc1nc(CCNC(=O)CN2CC[C@H](c3ccccc3)C2)nc2c1CCC2. The first-order valence-electron chi connectivity index (χ1n) is 10.1. The van der Waals surface area contributed by atoms with E-state index in [4.69, 9.17) is 0 Å². The van der Waals surface area contributed by atoms with Gasteiger partial charge in [0.2, 0.25) is 5.91 Å². The van der Waals surface area contributed by atoms with E-state index < -0.39 is 0 Å². The summed E-state index contributed by atoms with van der Waals surface area (Å²) < 4.78 is 0. The molecule has 1 aromatic carbocycles. The molecule has 2 aromatic rings. The van der Waals surface area contributed by atoms with Gasteiger partial charge in [0.05, 0.1) is 6.54 Å². The predicted molar refractivity (Wildman–Crippen MR) is 106 cm³/mol. The molecule has 2 heterocycles. The molecule has 0 radical (unpaired) electrons. The van der Waals surface area contributed by atoms with E-state index in [0.29, 0.717) is 25.4 Å². The maximum absolute atomic E-state index is 12.3. The molecule has 0 spiro atoms. The Labute approximate surface area is 161 Å². The second-order valence-electron chi connectivity index (χ2n) is 7.74. The number of nitrogens with one attached hydrogen (secondary N) is 1. The van der Waals surface area contributed by atoms with Crippen molar-refractivity contribution in [2.24, 2.45) is 0 Å². The number of fused-ring (bicyclic) bond motifs is 1. The Kier molecular flexibility index (Phi) is 5.48. The molecule has 1 atom stereocenters. The molecule has 0 bridgehead atoms. The fraction of sp³-hybridized carbons (Fsp3) is 0.500. The molecule has 27 heavy (non-hydrogen) atoms. The normalized spacial score (nSPS) is 19.2. The van der Waals surface area contributed by atoms with Crippen molar-refractivity contribution >= 4 is 5.91 Å². The summed E-state index contributed by atoms with van der Waals surface area (Å²) in [5.74, 6) is 1.50. The molecule has 5 nitrogen and oxygen atoms in total. The Bertz CT molecular complexity index is 805. The van der Waals surface area contributed by atoms with E-state index in [2.05, 4.69) is 57.4 Å². The third-order valence-corrected chi connectivity index (χ3v) is 5.77. The lowest BCUT2D eigenvalue weighted by Crippen LogP contribution is -2.37. The van der Waals surface area contributed by atoms with Crippen LogP contribution in [0.2, 0.25) is 0 Å². The van der Waals surface area contributed by atoms with E-state index in [0.717, 1.165) is 43.9 Å². The first-order chi connectivity index (χ1) is 13.2. The summed E-state index contributed by atoms with van der Waals surface area (Å²) in [7, 11) is 0. The van der Waals surface area contributed by atoms with Crippen molar-refractivity contribution in [3.63, 3.8) is 0 Å². The molecule has 1 N–H and O–H groups in total. The quantitative estimate of drug-likeness (QED) is 0.855. The molecule has 0 unspecified atom stereocenters. The molecule has 1 fully saturated rings. The lowest BCUT2D eigenvalue weighted by atomic mass is 9.99. The molecule has 1 amide bonds. The van der Waals surface area contributed by atoms with Gasteiger partial charge in [0.1, 0.15) is 5.82 Å². The fourth-order valence-electron chi connectivity index (χ4n) is 4.34. The van der Waals surface area contributed by atoms with E-state index >= 15 is 0 Å². The number of benzene rings is 1. The number of amides is 1. The predicted octanol–water partition coefficient (Wildman–Crippen LogP) is 2.42.